The van der Waals surface area contributed by atoms with Gasteiger partial charge in [-0.15, -0.1) is 0 Å². The first-order chi connectivity index (χ1) is 12.1. The third-order valence-electron chi connectivity index (χ3n) is 3.72. The van der Waals surface area contributed by atoms with E-state index < -0.39 is 18.0 Å². The Hall–Kier alpha value is -3.59. The number of hydrogen-bond donors (Lipinski definition) is 2. The van der Waals surface area contributed by atoms with Gasteiger partial charge < -0.3 is 15.0 Å². The van der Waals surface area contributed by atoms with Crippen LogP contribution in [0.2, 0.25) is 0 Å². The van der Waals surface area contributed by atoms with Crippen LogP contribution in [0.4, 0.5) is 5.69 Å². The number of esters is 1. The van der Waals surface area contributed by atoms with Crippen LogP contribution in [0.15, 0.2) is 54.7 Å². The Morgan fingerprint density at radius 3 is 2.80 bits per heavy atom. The fourth-order valence-electron chi connectivity index (χ4n) is 2.43. The van der Waals surface area contributed by atoms with Crippen LogP contribution >= 0.6 is 0 Å². The summed E-state index contributed by atoms with van der Waals surface area (Å²) in [6.45, 7) is 1.50. The van der Waals surface area contributed by atoms with Crippen molar-refractivity contribution in [2.45, 2.75) is 13.0 Å². The number of hydrogen-bond acceptors (Lipinski definition) is 4. The van der Waals surface area contributed by atoms with Crippen molar-refractivity contribution in [3.8, 4) is 6.07 Å². The standard InChI is InChI=1S/C19H15N3O3/c1-12(18(23)22-14-6-4-5-13(9-14)10-20)25-19(24)16-11-21-17-8-3-2-7-15(16)17/h2-9,11-12,21H,1H3,(H,22,23)/t12-/m0/s1. The molecule has 1 amide bonds. The number of nitrogens with zero attached hydrogens (tertiary/aromatic N) is 1. The van der Waals surface area contributed by atoms with Crippen molar-refractivity contribution >= 4 is 28.5 Å². The summed E-state index contributed by atoms with van der Waals surface area (Å²) in [4.78, 5) is 27.5. The van der Waals surface area contributed by atoms with Crippen molar-refractivity contribution in [1.82, 2.24) is 4.98 Å². The van der Waals surface area contributed by atoms with Gasteiger partial charge in [0.1, 0.15) is 0 Å². The molecule has 0 saturated heterocycles. The second-order valence-electron chi connectivity index (χ2n) is 5.48. The van der Waals surface area contributed by atoms with E-state index in [9.17, 15) is 9.59 Å². The van der Waals surface area contributed by atoms with Crippen molar-refractivity contribution < 1.29 is 14.3 Å². The lowest BCUT2D eigenvalue weighted by atomic mass is 10.2. The third kappa shape index (κ3) is 3.51. The van der Waals surface area contributed by atoms with Crippen LogP contribution in [0.3, 0.4) is 0 Å². The molecule has 1 atom stereocenters. The predicted octanol–water partition coefficient (Wildman–Crippen LogP) is 3.22. The highest BCUT2D eigenvalue weighted by atomic mass is 16.5. The van der Waals surface area contributed by atoms with E-state index in [1.54, 1.807) is 36.5 Å². The molecule has 0 aliphatic heterocycles. The van der Waals surface area contributed by atoms with Gasteiger partial charge in [-0.1, -0.05) is 24.3 Å². The molecule has 0 bridgehead atoms. The summed E-state index contributed by atoms with van der Waals surface area (Å²) >= 11 is 0. The molecule has 25 heavy (non-hydrogen) atoms. The highest BCUT2D eigenvalue weighted by Gasteiger charge is 2.21. The number of rotatable bonds is 4. The normalized spacial score (nSPS) is 11.5. The molecule has 0 spiro atoms. The largest absolute Gasteiger partial charge is 0.449 e. The molecule has 0 unspecified atom stereocenters. The fourth-order valence-corrected chi connectivity index (χ4v) is 2.43. The van der Waals surface area contributed by atoms with Gasteiger partial charge in [-0.25, -0.2) is 4.79 Å². The summed E-state index contributed by atoms with van der Waals surface area (Å²) in [6, 6.07) is 15.8. The summed E-state index contributed by atoms with van der Waals surface area (Å²) in [6.07, 6.45) is 0.584. The molecule has 1 aromatic heterocycles. The van der Waals surface area contributed by atoms with Gasteiger partial charge in [-0.2, -0.15) is 5.26 Å². The molecular formula is C19H15N3O3. The number of anilines is 1. The van der Waals surface area contributed by atoms with E-state index in [0.717, 1.165) is 10.9 Å². The van der Waals surface area contributed by atoms with Gasteiger partial charge in [0.2, 0.25) is 0 Å². The van der Waals surface area contributed by atoms with Gasteiger partial charge in [0, 0.05) is 22.8 Å². The van der Waals surface area contributed by atoms with Crippen LogP contribution in [-0.2, 0) is 9.53 Å². The van der Waals surface area contributed by atoms with Crippen molar-refractivity contribution in [3.63, 3.8) is 0 Å². The number of carbonyl (C=O) groups excluding carboxylic acids is 2. The molecule has 0 aliphatic rings. The summed E-state index contributed by atoms with van der Waals surface area (Å²) in [7, 11) is 0. The highest BCUT2D eigenvalue weighted by molar-refractivity contribution is 6.05. The second kappa shape index (κ2) is 6.89. The first kappa shape index (κ1) is 16.3. The number of para-hydroxylation sites is 1. The minimum absolute atomic E-state index is 0.377. The Morgan fingerprint density at radius 2 is 2.00 bits per heavy atom. The highest BCUT2D eigenvalue weighted by Crippen LogP contribution is 2.19. The summed E-state index contributed by atoms with van der Waals surface area (Å²) in [5, 5.41) is 12.2. The fraction of sp³-hybridized carbons (Fsp3) is 0.105. The molecule has 2 aromatic carbocycles. The average molecular weight is 333 g/mol. The second-order valence-corrected chi connectivity index (χ2v) is 5.48. The zero-order chi connectivity index (χ0) is 17.8. The number of aromatic nitrogens is 1. The van der Waals surface area contributed by atoms with Gasteiger partial charge in [-0.3, -0.25) is 4.79 Å². The molecular weight excluding hydrogens is 318 g/mol. The van der Waals surface area contributed by atoms with Crippen molar-refractivity contribution in [2.75, 3.05) is 5.32 Å². The smallest absolute Gasteiger partial charge is 0.341 e. The molecule has 3 rings (SSSR count). The summed E-state index contributed by atoms with van der Waals surface area (Å²) < 4.78 is 5.26. The topological polar surface area (TPSA) is 95.0 Å². The van der Waals surface area contributed by atoms with Crippen LogP contribution in [0.1, 0.15) is 22.8 Å². The number of benzene rings is 2. The molecule has 0 aliphatic carbocycles. The maximum atomic E-state index is 12.3. The Labute approximate surface area is 144 Å². The first-order valence-electron chi connectivity index (χ1n) is 7.66. The van der Waals surface area contributed by atoms with Gasteiger partial charge in [-0.05, 0) is 31.2 Å². The monoisotopic (exact) mass is 333 g/mol. The number of ether oxygens (including phenoxy) is 1. The lowest BCUT2D eigenvalue weighted by Gasteiger charge is -2.13. The Balaban J connectivity index is 1.68. The van der Waals surface area contributed by atoms with Crippen LogP contribution in [0, 0.1) is 11.3 Å². The average Bonchev–Trinajstić information content (AvgIpc) is 3.06. The van der Waals surface area contributed by atoms with E-state index in [1.165, 1.54) is 6.92 Å². The van der Waals surface area contributed by atoms with Gasteiger partial charge in [0.25, 0.3) is 5.91 Å². The van der Waals surface area contributed by atoms with E-state index in [4.69, 9.17) is 10.00 Å². The van der Waals surface area contributed by atoms with Crippen molar-refractivity contribution in [3.05, 3.63) is 65.9 Å². The predicted molar refractivity (Wildman–Crippen MR) is 93.0 cm³/mol. The number of carbonyl (C=O) groups is 2. The number of aromatic amines is 1. The van der Waals surface area contributed by atoms with E-state index in [1.807, 2.05) is 24.3 Å². The molecule has 0 radical (unpaired) electrons. The molecule has 3 aromatic rings. The van der Waals surface area contributed by atoms with Crippen LogP contribution in [-0.4, -0.2) is 23.0 Å². The molecule has 0 saturated carbocycles. The van der Waals surface area contributed by atoms with E-state index in [0.29, 0.717) is 16.8 Å². The quantitative estimate of drug-likeness (QED) is 0.717. The SMILES string of the molecule is C[C@H](OC(=O)c1c[nH]c2ccccc12)C(=O)Nc1cccc(C#N)c1. The maximum Gasteiger partial charge on any atom is 0.341 e. The number of nitriles is 1. The summed E-state index contributed by atoms with van der Waals surface area (Å²) in [5.41, 5.74) is 2.10. The summed E-state index contributed by atoms with van der Waals surface area (Å²) in [5.74, 6) is -1.05. The maximum absolute atomic E-state index is 12.3. The minimum Gasteiger partial charge on any atom is -0.449 e. The molecule has 6 heteroatoms. The van der Waals surface area contributed by atoms with Crippen LogP contribution in [0.5, 0.6) is 0 Å². The number of H-pyrrole nitrogens is 1. The minimum atomic E-state index is -0.980. The van der Waals surface area contributed by atoms with E-state index in [2.05, 4.69) is 10.3 Å². The molecule has 124 valence electrons. The lowest BCUT2D eigenvalue weighted by molar-refractivity contribution is -0.123. The lowest BCUT2D eigenvalue weighted by Crippen LogP contribution is -2.30. The van der Waals surface area contributed by atoms with Crippen molar-refractivity contribution in [2.24, 2.45) is 0 Å². The number of nitrogens with one attached hydrogen (secondary N) is 2. The Kier molecular flexibility index (Phi) is 4.48. The number of amides is 1. The zero-order valence-corrected chi connectivity index (χ0v) is 13.4. The van der Waals surface area contributed by atoms with Crippen molar-refractivity contribution in [1.29, 1.82) is 5.26 Å². The Bertz CT molecular complexity index is 985. The molecule has 6 nitrogen and oxygen atoms in total. The molecule has 0 fully saturated rings. The Morgan fingerprint density at radius 1 is 1.20 bits per heavy atom. The van der Waals surface area contributed by atoms with Crippen LogP contribution < -0.4 is 5.32 Å². The van der Waals surface area contributed by atoms with Gasteiger partial charge in [0.15, 0.2) is 6.10 Å². The van der Waals surface area contributed by atoms with Gasteiger partial charge in [0.05, 0.1) is 17.2 Å². The van der Waals surface area contributed by atoms with E-state index in [-0.39, 0.29) is 0 Å². The third-order valence-corrected chi connectivity index (χ3v) is 3.72. The van der Waals surface area contributed by atoms with Gasteiger partial charge >= 0.3 is 5.97 Å². The number of fused-ring (bicyclic) bond motifs is 1. The van der Waals surface area contributed by atoms with E-state index >= 15 is 0 Å². The molecule has 2 N–H and O–H groups in total. The van der Waals surface area contributed by atoms with Crippen LogP contribution in [0.25, 0.3) is 10.9 Å². The zero-order valence-electron chi connectivity index (χ0n) is 13.4. The molecule has 1 heterocycles. The first-order valence-corrected chi connectivity index (χ1v) is 7.66.